The first-order chi connectivity index (χ1) is 11.8. The summed E-state index contributed by atoms with van der Waals surface area (Å²) in [7, 11) is 0. The predicted molar refractivity (Wildman–Crippen MR) is 84.4 cm³/mol. The molecule has 0 saturated heterocycles. The molecule has 1 unspecified atom stereocenters. The number of halogens is 4. The fourth-order valence-corrected chi connectivity index (χ4v) is 2.76. The van der Waals surface area contributed by atoms with Gasteiger partial charge in [0.1, 0.15) is 0 Å². The van der Waals surface area contributed by atoms with Gasteiger partial charge in [-0.15, -0.1) is 0 Å². The Bertz CT molecular complexity index is 851. The van der Waals surface area contributed by atoms with E-state index in [2.05, 4.69) is 5.32 Å². The van der Waals surface area contributed by atoms with Gasteiger partial charge in [0.2, 0.25) is 0 Å². The fraction of sp³-hybridized carbons (Fsp3) is 0.176. The van der Waals surface area contributed by atoms with Gasteiger partial charge < -0.3 is 10.1 Å². The van der Waals surface area contributed by atoms with Gasteiger partial charge in [-0.05, 0) is 35.9 Å². The van der Waals surface area contributed by atoms with Crippen molar-refractivity contribution in [2.75, 3.05) is 5.32 Å². The molecular formula is C17H11ClF3NO3. The molecule has 1 N–H and O–H groups in total. The summed E-state index contributed by atoms with van der Waals surface area (Å²) >= 11 is 5.87. The van der Waals surface area contributed by atoms with Crippen molar-refractivity contribution < 1.29 is 27.5 Å². The number of carbonyl (C=O) groups excluding carboxylic acids is 2. The van der Waals surface area contributed by atoms with Crippen LogP contribution in [-0.2, 0) is 22.1 Å². The number of para-hydroxylation sites is 1. The molecule has 2 aromatic rings. The third-order valence-corrected chi connectivity index (χ3v) is 3.96. The van der Waals surface area contributed by atoms with Gasteiger partial charge in [0.05, 0.1) is 16.8 Å². The minimum Gasteiger partial charge on any atom is -0.448 e. The Morgan fingerprint density at radius 1 is 1.20 bits per heavy atom. The largest absolute Gasteiger partial charge is 0.448 e. The lowest BCUT2D eigenvalue weighted by atomic mass is 9.98. The van der Waals surface area contributed by atoms with Crippen LogP contribution in [0.15, 0.2) is 42.5 Å². The van der Waals surface area contributed by atoms with Crippen LogP contribution in [0.1, 0.15) is 21.5 Å². The van der Waals surface area contributed by atoms with E-state index in [1.807, 2.05) is 0 Å². The molecular weight excluding hydrogens is 359 g/mol. The van der Waals surface area contributed by atoms with E-state index in [9.17, 15) is 22.8 Å². The Balaban J connectivity index is 1.83. The second-order valence-corrected chi connectivity index (χ2v) is 5.87. The third-order valence-electron chi connectivity index (χ3n) is 3.72. The van der Waals surface area contributed by atoms with Crippen molar-refractivity contribution in [1.82, 2.24) is 0 Å². The quantitative estimate of drug-likeness (QED) is 0.812. The number of ether oxygens (including phenoxy) is 1. The van der Waals surface area contributed by atoms with Crippen molar-refractivity contribution >= 4 is 29.2 Å². The molecule has 0 fully saturated rings. The number of hydrogen-bond donors (Lipinski definition) is 1. The van der Waals surface area contributed by atoms with Crippen molar-refractivity contribution in [3.8, 4) is 0 Å². The molecule has 1 heterocycles. The summed E-state index contributed by atoms with van der Waals surface area (Å²) in [5.41, 5.74) is -0.584. The Labute approximate surface area is 145 Å². The maximum absolute atomic E-state index is 13.0. The Kier molecular flexibility index (Phi) is 4.43. The molecule has 8 heteroatoms. The first kappa shape index (κ1) is 17.3. The maximum Gasteiger partial charge on any atom is 0.418 e. The lowest BCUT2D eigenvalue weighted by molar-refractivity contribution is -0.137. The molecule has 1 aliphatic rings. The highest BCUT2D eigenvalue weighted by Gasteiger charge is 2.36. The molecule has 25 heavy (non-hydrogen) atoms. The summed E-state index contributed by atoms with van der Waals surface area (Å²) in [6.07, 6.45) is -5.82. The fourth-order valence-electron chi connectivity index (χ4n) is 2.56. The Morgan fingerprint density at radius 2 is 1.92 bits per heavy atom. The van der Waals surface area contributed by atoms with Crippen molar-refractivity contribution in [2.45, 2.75) is 18.7 Å². The average Bonchev–Trinajstić information content (AvgIpc) is 2.53. The van der Waals surface area contributed by atoms with Crippen LogP contribution in [-0.4, -0.2) is 18.0 Å². The molecule has 0 radical (unpaired) electrons. The number of anilines is 1. The van der Waals surface area contributed by atoms with Crippen LogP contribution in [0.3, 0.4) is 0 Å². The van der Waals surface area contributed by atoms with E-state index < -0.39 is 35.4 Å². The van der Waals surface area contributed by atoms with Crippen LogP contribution in [0.5, 0.6) is 0 Å². The van der Waals surface area contributed by atoms with Gasteiger partial charge in [-0.1, -0.05) is 23.7 Å². The molecule has 1 amide bonds. The lowest BCUT2D eigenvalue weighted by Gasteiger charge is -2.24. The van der Waals surface area contributed by atoms with Gasteiger partial charge in [-0.3, -0.25) is 4.79 Å². The molecule has 0 aliphatic carbocycles. The minimum absolute atomic E-state index is 0.0294. The SMILES string of the molecule is O=C1OC(C(=O)Nc2ccccc2C(F)(F)F)Cc2cc(Cl)ccc21. The summed E-state index contributed by atoms with van der Waals surface area (Å²) in [5.74, 6) is -1.56. The van der Waals surface area contributed by atoms with Crippen LogP contribution in [0.4, 0.5) is 18.9 Å². The topological polar surface area (TPSA) is 55.4 Å². The number of alkyl halides is 3. The molecule has 2 aromatic carbocycles. The zero-order valence-corrected chi connectivity index (χ0v) is 13.3. The number of fused-ring (bicyclic) bond motifs is 1. The van der Waals surface area contributed by atoms with Gasteiger partial charge in [-0.2, -0.15) is 13.2 Å². The number of carbonyl (C=O) groups is 2. The number of amides is 1. The van der Waals surface area contributed by atoms with Crippen LogP contribution in [0.25, 0.3) is 0 Å². The highest BCUT2D eigenvalue weighted by molar-refractivity contribution is 6.30. The number of rotatable bonds is 2. The van der Waals surface area contributed by atoms with Gasteiger partial charge >= 0.3 is 12.1 Å². The molecule has 3 rings (SSSR count). The van der Waals surface area contributed by atoms with Crippen molar-refractivity contribution in [3.63, 3.8) is 0 Å². The first-order valence-electron chi connectivity index (χ1n) is 7.22. The summed E-state index contributed by atoms with van der Waals surface area (Å²) < 4.78 is 44.0. The normalized spacial score (nSPS) is 16.8. The predicted octanol–water partition coefficient (Wildman–Crippen LogP) is 4.08. The van der Waals surface area contributed by atoms with Crippen molar-refractivity contribution in [2.24, 2.45) is 0 Å². The molecule has 4 nitrogen and oxygen atoms in total. The van der Waals surface area contributed by atoms with E-state index in [1.165, 1.54) is 30.3 Å². The summed E-state index contributed by atoms with van der Waals surface area (Å²) in [6.45, 7) is 0. The third kappa shape index (κ3) is 3.61. The average molecular weight is 370 g/mol. The Morgan fingerprint density at radius 3 is 2.64 bits per heavy atom. The smallest absolute Gasteiger partial charge is 0.418 e. The van der Waals surface area contributed by atoms with Crippen LogP contribution in [0.2, 0.25) is 5.02 Å². The van der Waals surface area contributed by atoms with E-state index in [0.29, 0.717) is 10.6 Å². The van der Waals surface area contributed by atoms with E-state index in [0.717, 1.165) is 12.1 Å². The van der Waals surface area contributed by atoms with E-state index in [4.69, 9.17) is 16.3 Å². The number of benzene rings is 2. The number of hydrogen-bond acceptors (Lipinski definition) is 3. The van der Waals surface area contributed by atoms with Crippen LogP contribution >= 0.6 is 11.6 Å². The minimum atomic E-state index is -4.62. The first-order valence-corrected chi connectivity index (χ1v) is 7.60. The van der Waals surface area contributed by atoms with E-state index in [1.54, 1.807) is 0 Å². The van der Waals surface area contributed by atoms with Gasteiger partial charge in [-0.25, -0.2) is 4.79 Å². The highest BCUT2D eigenvalue weighted by atomic mass is 35.5. The molecule has 130 valence electrons. The highest BCUT2D eigenvalue weighted by Crippen LogP contribution is 2.35. The zero-order chi connectivity index (χ0) is 18.2. The molecule has 0 aromatic heterocycles. The van der Waals surface area contributed by atoms with E-state index >= 15 is 0 Å². The monoisotopic (exact) mass is 369 g/mol. The van der Waals surface area contributed by atoms with Gasteiger partial charge in [0.25, 0.3) is 5.91 Å². The van der Waals surface area contributed by atoms with Crippen LogP contribution < -0.4 is 5.32 Å². The number of cyclic esters (lactones) is 1. The molecule has 1 atom stereocenters. The van der Waals surface area contributed by atoms with Gasteiger partial charge in [0, 0.05) is 11.4 Å². The summed E-state index contributed by atoms with van der Waals surface area (Å²) in [6, 6.07) is 9.11. The molecule has 1 aliphatic heterocycles. The van der Waals surface area contributed by atoms with Gasteiger partial charge in [0.15, 0.2) is 6.10 Å². The second-order valence-electron chi connectivity index (χ2n) is 5.43. The molecule has 0 saturated carbocycles. The Hall–Kier alpha value is -2.54. The maximum atomic E-state index is 13.0. The standard InChI is InChI=1S/C17H11ClF3NO3/c18-10-5-6-11-9(7-10)8-14(25-16(11)24)15(23)22-13-4-2-1-3-12(13)17(19,20)21/h1-7,14H,8H2,(H,22,23). The van der Waals surface area contributed by atoms with Crippen molar-refractivity contribution in [3.05, 3.63) is 64.2 Å². The summed E-state index contributed by atoms with van der Waals surface area (Å²) in [4.78, 5) is 24.3. The summed E-state index contributed by atoms with van der Waals surface area (Å²) in [5, 5.41) is 2.57. The van der Waals surface area contributed by atoms with Crippen molar-refractivity contribution in [1.29, 1.82) is 0 Å². The molecule has 0 spiro atoms. The number of nitrogens with one attached hydrogen (secondary N) is 1. The van der Waals surface area contributed by atoms with E-state index in [-0.39, 0.29) is 12.0 Å². The lowest BCUT2D eigenvalue weighted by Crippen LogP contribution is -2.38. The van der Waals surface area contributed by atoms with Crippen LogP contribution in [0, 0.1) is 0 Å². The zero-order valence-electron chi connectivity index (χ0n) is 12.6. The second kappa shape index (κ2) is 6.40. The number of esters is 1. The molecule has 0 bridgehead atoms.